The largest absolute Gasteiger partial charge is 0.491 e. The molecule has 2 aromatic rings. The molecule has 1 amide bonds. The topological polar surface area (TPSA) is 38.3 Å². The Morgan fingerprint density at radius 2 is 1.77 bits per heavy atom. The first-order valence-electron chi connectivity index (χ1n) is 7.65. The van der Waals surface area contributed by atoms with Gasteiger partial charge < -0.3 is 10.1 Å². The normalized spacial score (nSPS) is 11.8. The zero-order valence-corrected chi connectivity index (χ0v) is 13.6. The van der Waals surface area contributed by atoms with E-state index in [-0.39, 0.29) is 12.0 Å². The van der Waals surface area contributed by atoms with Crippen LogP contribution in [0.4, 0.5) is 5.69 Å². The number of hydrogen-bond acceptors (Lipinski definition) is 2. The van der Waals surface area contributed by atoms with Crippen molar-refractivity contribution in [2.45, 2.75) is 40.2 Å². The van der Waals surface area contributed by atoms with Crippen molar-refractivity contribution in [3.05, 3.63) is 59.2 Å². The number of amides is 1. The second-order valence-corrected chi connectivity index (χ2v) is 5.59. The minimum atomic E-state index is -0.119. The van der Waals surface area contributed by atoms with Gasteiger partial charge in [0.25, 0.3) is 5.91 Å². The molecule has 0 bridgehead atoms. The lowest BCUT2D eigenvalue weighted by molar-refractivity contribution is 0.102. The number of hydrogen-bond donors (Lipinski definition) is 1. The average molecular weight is 297 g/mol. The van der Waals surface area contributed by atoms with E-state index in [2.05, 4.69) is 12.2 Å². The molecule has 2 rings (SSSR count). The van der Waals surface area contributed by atoms with E-state index in [4.69, 9.17) is 4.74 Å². The molecule has 0 heterocycles. The molecule has 1 N–H and O–H groups in total. The zero-order chi connectivity index (χ0) is 16.1. The van der Waals surface area contributed by atoms with Gasteiger partial charge in [-0.05, 0) is 56.5 Å². The number of aryl methyl sites for hydroxylation is 2. The molecule has 22 heavy (non-hydrogen) atoms. The predicted molar refractivity (Wildman–Crippen MR) is 90.7 cm³/mol. The molecule has 0 saturated carbocycles. The number of ether oxygens (including phenoxy) is 1. The van der Waals surface area contributed by atoms with E-state index in [0.29, 0.717) is 5.56 Å². The smallest absolute Gasteiger partial charge is 0.255 e. The second kappa shape index (κ2) is 7.12. The van der Waals surface area contributed by atoms with Crippen LogP contribution >= 0.6 is 0 Å². The summed E-state index contributed by atoms with van der Waals surface area (Å²) in [6, 6.07) is 13.3. The minimum absolute atomic E-state index is 0.119. The molecule has 3 nitrogen and oxygen atoms in total. The number of nitrogens with one attached hydrogen (secondary N) is 1. The molecule has 0 aromatic heterocycles. The van der Waals surface area contributed by atoms with Gasteiger partial charge in [-0.1, -0.05) is 31.2 Å². The third-order valence-electron chi connectivity index (χ3n) is 3.73. The van der Waals surface area contributed by atoms with Crippen molar-refractivity contribution in [2.24, 2.45) is 0 Å². The Bertz CT molecular complexity index is 644. The van der Waals surface area contributed by atoms with Crippen molar-refractivity contribution in [1.29, 1.82) is 0 Å². The van der Waals surface area contributed by atoms with Gasteiger partial charge in [0.1, 0.15) is 5.75 Å². The number of carbonyl (C=O) groups is 1. The van der Waals surface area contributed by atoms with Crippen LogP contribution in [0.25, 0.3) is 0 Å². The monoisotopic (exact) mass is 297 g/mol. The quantitative estimate of drug-likeness (QED) is 0.866. The van der Waals surface area contributed by atoms with E-state index in [9.17, 15) is 4.79 Å². The summed E-state index contributed by atoms with van der Waals surface area (Å²) < 4.78 is 5.77. The van der Waals surface area contributed by atoms with Gasteiger partial charge in [-0.15, -0.1) is 0 Å². The average Bonchev–Trinajstić information content (AvgIpc) is 2.51. The van der Waals surface area contributed by atoms with Crippen LogP contribution in [0, 0.1) is 13.8 Å². The van der Waals surface area contributed by atoms with E-state index in [1.807, 2.05) is 51.1 Å². The highest BCUT2D eigenvalue weighted by molar-refractivity contribution is 6.05. The molecule has 0 aliphatic carbocycles. The van der Waals surface area contributed by atoms with E-state index in [1.54, 1.807) is 12.1 Å². The molecule has 0 fully saturated rings. The number of para-hydroxylation sites is 1. The van der Waals surface area contributed by atoms with Gasteiger partial charge >= 0.3 is 0 Å². The van der Waals surface area contributed by atoms with Gasteiger partial charge in [0.2, 0.25) is 0 Å². The van der Waals surface area contributed by atoms with E-state index in [0.717, 1.165) is 29.0 Å². The molecular formula is C19H23NO2. The third kappa shape index (κ3) is 3.88. The van der Waals surface area contributed by atoms with Crippen LogP contribution in [0.1, 0.15) is 41.8 Å². The maximum atomic E-state index is 12.5. The van der Waals surface area contributed by atoms with Crippen LogP contribution in [0.3, 0.4) is 0 Å². The summed E-state index contributed by atoms with van der Waals surface area (Å²) in [6.07, 6.45) is 1.07. The lowest BCUT2D eigenvalue weighted by Crippen LogP contribution is -2.15. The van der Waals surface area contributed by atoms with Gasteiger partial charge in [-0.25, -0.2) is 0 Å². The first kappa shape index (κ1) is 16.1. The first-order chi connectivity index (χ1) is 10.5. The summed E-state index contributed by atoms with van der Waals surface area (Å²) in [6.45, 7) is 8.07. The molecule has 0 spiro atoms. The van der Waals surface area contributed by atoms with Gasteiger partial charge in [0.15, 0.2) is 0 Å². The van der Waals surface area contributed by atoms with Crippen LogP contribution in [-0.2, 0) is 0 Å². The molecule has 0 aliphatic heterocycles. The van der Waals surface area contributed by atoms with Gasteiger partial charge in [-0.2, -0.15) is 0 Å². The SMILES string of the molecule is CCC(C)Oc1cccc(C(=O)Nc2c(C)cccc2C)c1. The van der Waals surface area contributed by atoms with Crippen LogP contribution in [0.2, 0.25) is 0 Å². The summed E-state index contributed by atoms with van der Waals surface area (Å²) in [5, 5.41) is 2.99. The third-order valence-corrected chi connectivity index (χ3v) is 3.73. The van der Waals surface area contributed by atoms with Crippen LogP contribution in [0.15, 0.2) is 42.5 Å². The van der Waals surface area contributed by atoms with Crippen LogP contribution < -0.4 is 10.1 Å². The zero-order valence-electron chi connectivity index (χ0n) is 13.6. The standard InChI is InChI=1S/C19H23NO2/c1-5-15(4)22-17-11-7-10-16(12-17)19(21)20-18-13(2)8-6-9-14(18)3/h6-12,15H,5H2,1-4H3,(H,20,21). The molecule has 116 valence electrons. The Morgan fingerprint density at radius 1 is 1.14 bits per heavy atom. The Labute approximate surface area is 132 Å². The maximum absolute atomic E-state index is 12.5. The second-order valence-electron chi connectivity index (χ2n) is 5.59. The van der Waals surface area contributed by atoms with Gasteiger partial charge in [-0.3, -0.25) is 4.79 Å². The Morgan fingerprint density at radius 3 is 2.41 bits per heavy atom. The lowest BCUT2D eigenvalue weighted by atomic mass is 10.1. The fourth-order valence-electron chi connectivity index (χ4n) is 2.22. The maximum Gasteiger partial charge on any atom is 0.255 e. The fraction of sp³-hybridized carbons (Fsp3) is 0.316. The lowest BCUT2D eigenvalue weighted by Gasteiger charge is -2.14. The highest BCUT2D eigenvalue weighted by Crippen LogP contribution is 2.21. The summed E-state index contributed by atoms with van der Waals surface area (Å²) >= 11 is 0. The summed E-state index contributed by atoms with van der Waals surface area (Å²) in [5.74, 6) is 0.607. The summed E-state index contributed by atoms with van der Waals surface area (Å²) in [4.78, 5) is 12.5. The van der Waals surface area contributed by atoms with Crippen molar-refractivity contribution in [3.63, 3.8) is 0 Å². The van der Waals surface area contributed by atoms with Gasteiger partial charge in [0.05, 0.1) is 6.10 Å². The summed E-state index contributed by atoms with van der Waals surface area (Å²) in [5.41, 5.74) is 3.59. The number of carbonyl (C=O) groups excluding carboxylic acids is 1. The molecule has 0 saturated heterocycles. The summed E-state index contributed by atoms with van der Waals surface area (Å²) in [7, 11) is 0. The molecule has 1 atom stereocenters. The predicted octanol–water partition coefficient (Wildman–Crippen LogP) is 4.73. The first-order valence-corrected chi connectivity index (χ1v) is 7.65. The number of benzene rings is 2. The van der Waals surface area contributed by atoms with Crippen molar-refractivity contribution >= 4 is 11.6 Å². The molecular weight excluding hydrogens is 274 g/mol. The minimum Gasteiger partial charge on any atom is -0.491 e. The van der Waals surface area contributed by atoms with E-state index < -0.39 is 0 Å². The van der Waals surface area contributed by atoms with Gasteiger partial charge in [0, 0.05) is 11.3 Å². The van der Waals surface area contributed by atoms with Crippen molar-refractivity contribution in [2.75, 3.05) is 5.32 Å². The molecule has 1 unspecified atom stereocenters. The fourth-order valence-corrected chi connectivity index (χ4v) is 2.22. The molecule has 3 heteroatoms. The number of anilines is 1. The Hall–Kier alpha value is -2.29. The van der Waals surface area contributed by atoms with Crippen LogP contribution in [-0.4, -0.2) is 12.0 Å². The molecule has 0 radical (unpaired) electrons. The number of rotatable bonds is 5. The molecule has 2 aromatic carbocycles. The highest BCUT2D eigenvalue weighted by atomic mass is 16.5. The van der Waals surface area contributed by atoms with E-state index >= 15 is 0 Å². The van der Waals surface area contributed by atoms with Crippen molar-refractivity contribution < 1.29 is 9.53 Å². The molecule has 0 aliphatic rings. The Balaban J connectivity index is 2.18. The van der Waals surface area contributed by atoms with Crippen molar-refractivity contribution in [1.82, 2.24) is 0 Å². The highest BCUT2D eigenvalue weighted by Gasteiger charge is 2.11. The van der Waals surface area contributed by atoms with Crippen molar-refractivity contribution in [3.8, 4) is 5.75 Å². The van der Waals surface area contributed by atoms with E-state index in [1.165, 1.54) is 0 Å². The Kier molecular flexibility index (Phi) is 5.21. The van der Waals surface area contributed by atoms with Crippen LogP contribution in [0.5, 0.6) is 5.75 Å².